The van der Waals surface area contributed by atoms with Crippen LogP contribution in [0.3, 0.4) is 0 Å². The number of nitrogens with two attached hydrogens (primary N) is 1. The lowest BCUT2D eigenvalue weighted by Gasteiger charge is -1.95. The molecule has 0 spiro atoms. The van der Waals surface area contributed by atoms with Crippen molar-refractivity contribution in [2.75, 3.05) is 6.61 Å². The van der Waals surface area contributed by atoms with Crippen molar-refractivity contribution in [1.82, 2.24) is 0 Å². The zero-order valence-corrected chi connectivity index (χ0v) is 6.36. The van der Waals surface area contributed by atoms with Crippen molar-refractivity contribution in [2.24, 2.45) is 5.90 Å². The van der Waals surface area contributed by atoms with Crippen LogP contribution in [0.25, 0.3) is 0 Å². The molecule has 2 N–H and O–H groups in total. The molecule has 0 aliphatic heterocycles. The molecule has 0 radical (unpaired) electrons. The van der Waals surface area contributed by atoms with Crippen molar-refractivity contribution in [1.29, 1.82) is 0 Å². The summed E-state index contributed by atoms with van der Waals surface area (Å²) >= 11 is 0. The Morgan fingerprint density at radius 2 is 2.09 bits per heavy atom. The van der Waals surface area contributed by atoms with E-state index in [9.17, 15) is 0 Å². The number of hydrogen-bond acceptors (Lipinski definition) is 3. The highest BCUT2D eigenvalue weighted by molar-refractivity contribution is 5.13. The minimum atomic E-state index is 0.612. The Morgan fingerprint density at radius 1 is 1.45 bits per heavy atom. The molecule has 0 unspecified atom stereocenters. The summed E-state index contributed by atoms with van der Waals surface area (Å²) in [4.78, 5) is 9.60. The van der Waals surface area contributed by atoms with Crippen molar-refractivity contribution in [3.8, 4) is 5.75 Å². The molecule has 1 rings (SSSR count). The van der Waals surface area contributed by atoms with Crippen LogP contribution in [0.1, 0.15) is 6.92 Å². The topological polar surface area (TPSA) is 48.4 Å². The predicted octanol–water partition coefficient (Wildman–Crippen LogP) is -0.325. The molecule has 1 heterocycles. The van der Waals surface area contributed by atoms with E-state index in [1.165, 1.54) is 0 Å². The van der Waals surface area contributed by atoms with Gasteiger partial charge in [0.1, 0.15) is 0 Å². The second-order valence-corrected chi connectivity index (χ2v) is 1.93. The van der Waals surface area contributed by atoms with Gasteiger partial charge >= 0.3 is 0 Å². The highest BCUT2D eigenvalue weighted by atomic mass is 16.7. The molecule has 4 heteroatoms. The normalized spacial score (nSPS) is 9.27. The Hall–Kier alpha value is -1.29. The summed E-state index contributed by atoms with van der Waals surface area (Å²) < 4.78 is 1.59. The Kier molecular flexibility index (Phi) is 2.68. The van der Waals surface area contributed by atoms with E-state index in [1.54, 1.807) is 29.3 Å². The van der Waals surface area contributed by atoms with Gasteiger partial charge in [-0.05, 0) is 6.92 Å². The van der Waals surface area contributed by atoms with Crippen LogP contribution in [0.5, 0.6) is 5.75 Å². The van der Waals surface area contributed by atoms with Crippen LogP contribution in [-0.4, -0.2) is 6.61 Å². The Morgan fingerprint density at radius 3 is 2.55 bits per heavy atom. The van der Waals surface area contributed by atoms with Crippen molar-refractivity contribution in [2.45, 2.75) is 6.92 Å². The monoisotopic (exact) mass is 155 g/mol. The van der Waals surface area contributed by atoms with Crippen molar-refractivity contribution in [3.05, 3.63) is 24.5 Å². The number of rotatable bonds is 3. The van der Waals surface area contributed by atoms with Gasteiger partial charge in [0.25, 0.3) is 0 Å². The molecule has 0 aromatic carbocycles. The molecule has 4 nitrogen and oxygen atoms in total. The highest BCUT2D eigenvalue weighted by Crippen LogP contribution is 2.01. The first-order valence-electron chi connectivity index (χ1n) is 3.38. The second-order valence-electron chi connectivity index (χ2n) is 1.93. The van der Waals surface area contributed by atoms with Gasteiger partial charge in [-0.15, -0.1) is 0 Å². The lowest BCUT2D eigenvalue weighted by Crippen LogP contribution is -2.41. The van der Waals surface area contributed by atoms with E-state index in [0.29, 0.717) is 12.4 Å². The van der Waals surface area contributed by atoms with Gasteiger partial charge in [0.05, 0.1) is 12.1 Å². The van der Waals surface area contributed by atoms with Gasteiger partial charge in [-0.1, -0.05) is 0 Å². The van der Waals surface area contributed by atoms with E-state index in [2.05, 4.69) is 4.84 Å². The molecule has 0 aliphatic carbocycles. The smallest absolute Gasteiger partial charge is 0.226 e. The summed E-state index contributed by atoms with van der Waals surface area (Å²) in [7, 11) is 0. The van der Waals surface area contributed by atoms with Gasteiger partial charge in [-0.2, -0.15) is 5.90 Å². The molecule has 0 saturated carbocycles. The molecule has 0 bridgehead atoms. The minimum Gasteiger partial charge on any atom is -0.411 e. The number of pyridine rings is 1. The minimum absolute atomic E-state index is 0.612. The van der Waals surface area contributed by atoms with Gasteiger partial charge < -0.3 is 4.84 Å². The molecule has 0 amide bonds. The summed E-state index contributed by atoms with van der Waals surface area (Å²) in [5.41, 5.74) is 0. The first kappa shape index (κ1) is 7.81. The first-order valence-corrected chi connectivity index (χ1v) is 3.38. The molecular formula is C7H11N2O2+. The largest absolute Gasteiger partial charge is 0.411 e. The fourth-order valence-electron chi connectivity index (χ4n) is 0.713. The van der Waals surface area contributed by atoms with Crippen molar-refractivity contribution < 1.29 is 14.4 Å². The van der Waals surface area contributed by atoms with Gasteiger partial charge in [-0.3, -0.25) is 4.84 Å². The third-order valence-corrected chi connectivity index (χ3v) is 1.19. The Labute approximate surface area is 65.1 Å². The summed E-state index contributed by atoms with van der Waals surface area (Å²) in [5.74, 6) is 5.54. The molecule has 0 aliphatic rings. The van der Waals surface area contributed by atoms with Crippen molar-refractivity contribution >= 4 is 0 Å². The van der Waals surface area contributed by atoms with Crippen LogP contribution in [0.4, 0.5) is 0 Å². The molecule has 1 aromatic heterocycles. The average molecular weight is 155 g/mol. The summed E-state index contributed by atoms with van der Waals surface area (Å²) in [5, 5.41) is 0. The van der Waals surface area contributed by atoms with Gasteiger partial charge in [0.15, 0.2) is 12.4 Å². The van der Waals surface area contributed by atoms with Gasteiger partial charge in [-0.25, -0.2) is 0 Å². The van der Waals surface area contributed by atoms with E-state index in [4.69, 9.17) is 10.7 Å². The maximum absolute atomic E-state index is 5.13. The number of hydrogen-bond donors (Lipinski definition) is 1. The van der Waals surface area contributed by atoms with E-state index in [1.807, 2.05) is 6.92 Å². The lowest BCUT2D eigenvalue weighted by molar-refractivity contribution is -0.891. The zero-order chi connectivity index (χ0) is 8.10. The maximum atomic E-state index is 5.13. The van der Waals surface area contributed by atoms with E-state index < -0.39 is 0 Å². The van der Waals surface area contributed by atoms with Gasteiger partial charge in [0, 0.05) is 4.73 Å². The third kappa shape index (κ3) is 2.09. The van der Waals surface area contributed by atoms with Crippen LogP contribution < -0.4 is 20.3 Å². The summed E-state index contributed by atoms with van der Waals surface area (Å²) in [6.45, 7) is 2.55. The van der Waals surface area contributed by atoms with Crippen molar-refractivity contribution in [3.63, 3.8) is 0 Å². The van der Waals surface area contributed by atoms with E-state index in [0.717, 1.165) is 0 Å². The number of aromatic nitrogens is 1. The van der Waals surface area contributed by atoms with Crippen LogP contribution in [-0.2, 0) is 0 Å². The maximum Gasteiger partial charge on any atom is 0.226 e. The Bertz CT molecular complexity index is 210. The number of nitrogens with zero attached hydrogens (tertiary/aromatic N) is 1. The second kappa shape index (κ2) is 3.78. The fraction of sp³-hybridized carbons (Fsp3) is 0.286. The van der Waals surface area contributed by atoms with Gasteiger partial charge in [0.2, 0.25) is 12.4 Å². The molecule has 1 aromatic rings. The standard InChI is InChI=1S/C7H11N2O2/c1-2-10-9-5-3-7(11-8)4-6-9/h3-6H,2,8H2,1H3/q+1. The van der Waals surface area contributed by atoms with Crippen LogP contribution >= 0.6 is 0 Å². The van der Waals surface area contributed by atoms with Crippen LogP contribution in [0.15, 0.2) is 24.5 Å². The predicted molar refractivity (Wildman–Crippen MR) is 38.6 cm³/mol. The SMILES string of the molecule is CCO[n+]1ccc(ON)cc1. The van der Waals surface area contributed by atoms with Crippen LogP contribution in [0.2, 0.25) is 0 Å². The summed E-state index contributed by atoms with van der Waals surface area (Å²) in [6, 6.07) is 3.44. The van der Waals surface area contributed by atoms with E-state index >= 15 is 0 Å². The lowest BCUT2D eigenvalue weighted by atomic mass is 10.5. The highest BCUT2D eigenvalue weighted by Gasteiger charge is 1.99. The third-order valence-electron chi connectivity index (χ3n) is 1.19. The molecule has 0 atom stereocenters. The molecule has 0 fully saturated rings. The molecule has 60 valence electrons. The Balaban J connectivity index is 2.66. The average Bonchev–Trinajstić information content (AvgIpc) is 2.07. The quantitative estimate of drug-likeness (QED) is 0.480. The van der Waals surface area contributed by atoms with E-state index in [-0.39, 0.29) is 0 Å². The fourth-order valence-corrected chi connectivity index (χ4v) is 0.713. The molecule has 0 saturated heterocycles. The molecule has 11 heavy (non-hydrogen) atoms. The molecular weight excluding hydrogens is 144 g/mol. The zero-order valence-electron chi connectivity index (χ0n) is 6.36. The summed E-state index contributed by atoms with van der Waals surface area (Å²) in [6.07, 6.45) is 3.46. The van der Waals surface area contributed by atoms with Crippen LogP contribution in [0, 0.1) is 0 Å². The first-order chi connectivity index (χ1) is 5.36.